The number of esters is 1. The SMILES string of the molecule is CCCCCCCCCC[C@H]1C(=O)O[C@@H]1/C=C(\CCCC)O[C@@H]1CCCCO1. The van der Waals surface area contributed by atoms with Crippen LogP contribution < -0.4 is 0 Å². The Hall–Kier alpha value is -1.03. The Morgan fingerprint density at radius 1 is 1.00 bits per heavy atom. The standard InChI is InChI=1S/C24H42O4/c1-3-5-7-8-9-10-11-12-16-21-22(28-24(21)25)19-20(15-6-4-2)27-23-17-13-14-18-26-23/h19,21-23H,3-18H2,1-2H3/b20-19+/t21-,22-,23-/m1/s1. The lowest BCUT2D eigenvalue weighted by atomic mass is 9.89. The Morgan fingerprint density at radius 2 is 1.71 bits per heavy atom. The average molecular weight is 395 g/mol. The first-order valence-corrected chi connectivity index (χ1v) is 11.9. The summed E-state index contributed by atoms with van der Waals surface area (Å²) in [6.07, 6.45) is 19.4. The molecule has 2 saturated heterocycles. The molecular formula is C24H42O4. The molecule has 0 amide bonds. The predicted molar refractivity (Wildman–Crippen MR) is 113 cm³/mol. The van der Waals surface area contributed by atoms with Crippen LogP contribution in [0.1, 0.15) is 110 Å². The van der Waals surface area contributed by atoms with Gasteiger partial charge in [-0.25, -0.2) is 0 Å². The first kappa shape index (κ1) is 23.3. The Kier molecular flexibility index (Phi) is 11.7. The predicted octanol–water partition coefficient (Wildman–Crippen LogP) is 6.68. The fourth-order valence-corrected chi connectivity index (χ4v) is 3.98. The van der Waals surface area contributed by atoms with E-state index in [0.717, 1.165) is 63.7 Å². The fourth-order valence-electron chi connectivity index (χ4n) is 3.98. The van der Waals surface area contributed by atoms with Crippen molar-refractivity contribution in [1.82, 2.24) is 0 Å². The summed E-state index contributed by atoms with van der Waals surface area (Å²) >= 11 is 0. The van der Waals surface area contributed by atoms with Crippen molar-refractivity contribution in [3.05, 3.63) is 11.8 Å². The molecule has 0 aliphatic carbocycles. The highest BCUT2D eigenvalue weighted by Crippen LogP contribution is 2.31. The topological polar surface area (TPSA) is 44.8 Å². The molecule has 0 aromatic carbocycles. The van der Waals surface area contributed by atoms with Gasteiger partial charge in [-0.15, -0.1) is 0 Å². The molecule has 2 rings (SSSR count). The van der Waals surface area contributed by atoms with Gasteiger partial charge in [-0.1, -0.05) is 71.6 Å². The molecule has 162 valence electrons. The molecule has 4 heteroatoms. The summed E-state index contributed by atoms with van der Waals surface area (Å²) in [5.41, 5.74) is 0. The summed E-state index contributed by atoms with van der Waals surface area (Å²) in [4.78, 5) is 11.9. The normalized spacial score (nSPS) is 25.3. The molecule has 0 bridgehead atoms. The maximum Gasteiger partial charge on any atom is 0.313 e. The van der Waals surface area contributed by atoms with Gasteiger partial charge in [0.2, 0.25) is 0 Å². The second-order valence-electron chi connectivity index (χ2n) is 8.42. The van der Waals surface area contributed by atoms with E-state index in [1.165, 1.54) is 44.9 Å². The van der Waals surface area contributed by atoms with Crippen molar-refractivity contribution >= 4 is 5.97 Å². The smallest absolute Gasteiger partial charge is 0.313 e. The highest BCUT2D eigenvalue weighted by Gasteiger charge is 2.40. The third-order valence-electron chi connectivity index (χ3n) is 5.87. The van der Waals surface area contributed by atoms with Crippen LogP contribution in [0.2, 0.25) is 0 Å². The minimum absolute atomic E-state index is 0.0209. The van der Waals surface area contributed by atoms with E-state index >= 15 is 0 Å². The molecule has 2 heterocycles. The van der Waals surface area contributed by atoms with Crippen molar-refractivity contribution < 1.29 is 19.0 Å². The number of carbonyl (C=O) groups is 1. The monoisotopic (exact) mass is 394 g/mol. The van der Waals surface area contributed by atoms with Gasteiger partial charge in [-0.05, 0) is 31.8 Å². The zero-order valence-electron chi connectivity index (χ0n) is 18.3. The van der Waals surface area contributed by atoms with Gasteiger partial charge in [-0.2, -0.15) is 0 Å². The average Bonchev–Trinajstić information content (AvgIpc) is 2.71. The van der Waals surface area contributed by atoms with Crippen LogP contribution in [0, 0.1) is 5.92 Å². The van der Waals surface area contributed by atoms with E-state index in [2.05, 4.69) is 19.9 Å². The second-order valence-corrected chi connectivity index (χ2v) is 8.42. The highest BCUT2D eigenvalue weighted by molar-refractivity contribution is 5.79. The summed E-state index contributed by atoms with van der Waals surface area (Å²) in [6.45, 7) is 5.22. The molecule has 3 atom stereocenters. The van der Waals surface area contributed by atoms with Gasteiger partial charge in [0.1, 0.15) is 6.10 Å². The number of rotatable bonds is 15. The van der Waals surface area contributed by atoms with Gasteiger partial charge in [-0.3, -0.25) is 4.79 Å². The lowest BCUT2D eigenvalue weighted by Gasteiger charge is -2.34. The summed E-state index contributed by atoms with van der Waals surface area (Å²) in [5, 5.41) is 0. The fraction of sp³-hybridized carbons (Fsp3) is 0.875. The molecule has 28 heavy (non-hydrogen) atoms. The third kappa shape index (κ3) is 8.55. The lowest BCUT2D eigenvalue weighted by Crippen LogP contribution is -2.44. The molecule has 2 aliphatic heterocycles. The second kappa shape index (κ2) is 14.0. The molecule has 0 aromatic heterocycles. The van der Waals surface area contributed by atoms with Crippen LogP contribution in [0.5, 0.6) is 0 Å². The minimum atomic E-state index is -0.126. The van der Waals surface area contributed by atoms with E-state index in [0.29, 0.717) is 0 Å². The maximum atomic E-state index is 11.9. The molecule has 4 nitrogen and oxygen atoms in total. The van der Waals surface area contributed by atoms with Crippen molar-refractivity contribution in [1.29, 1.82) is 0 Å². The number of ether oxygens (including phenoxy) is 3. The van der Waals surface area contributed by atoms with E-state index in [9.17, 15) is 4.79 Å². The lowest BCUT2D eigenvalue weighted by molar-refractivity contribution is -0.179. The van der Waals surface area contributed by atoms with Crippen molar-refractivity contribution in [2.75, 3.05) is 6.61 Å². The molecule has 0 N–H and O–H groups in total. The zero-order chi connectivity index (χ0) is 20.0. The molecule has 0 aromatic rings. The number of unbranched alkanes of at least 4 members (excludes halogenated alkanes) is 8. The van der Waals surface area contributed by atoms with Crippen molar-refractivity contribution in [2.45, 2.75) is 123 Å². The number of cyclic esters (lactones) is 1. The van der Waals surface area contributed by atoms with Gasteiger partial charge >= 0.3 is 5.97 Å². The Morgan fingerprint density at radius 3 is 2.36 bits per heavy atom. The van der Waals surface area contributed by atoms with E-state index in [4.69, 9.17) is 14.2 Å². The summed E-state index contributed by atoms with van der Waals surface area (Å²) in [5.74, 6) is 0.938. The van der Waals surface area contributed by atoms with Gasteiger partial charge in [0, 0.05) is 12.8 Å². The van der Waals surface area contributed by atoms with Crippen LogP contribution in [-0.2, 0) is 19.0 Å². The number of hydrogen-bond donors (Lipinski definition) is 0. The summed E-state index contributed by atoms with van der Waals surface area (Å²) < 4.78 is 17.3. The van der Waals surface area contributed by atoms with Crippen molar-refractivity contribution in [3.8, 4) is 0 Å². The van der Waals surface area contributed by atoms with E-state index < -0.39 is 0 Å². The molecule has 0 unspecified atom stereocenters. The largest absolute Gasteiger partial charge is 0.469 e. The Balaban J connectivity index is 1.72. The van der Waals surface area contributed by atoms with Gasteiger partial charge in [0.25, 0.3) is 0 Å². The van der Waals surface area contributed by atoms with E-state index in [1.807, 2.05) is 0 Å². The van der Waals surface area contributed by atoms with Crippen molar-refractivity contribution in [2.24, 2.45) is 5.92 Å². The summed E-state index contributed by atoms with van der Waals surface area (Å²) in [7, 11) is 0. The van der Waals surface area contributed by atoms with Crippen LogP contribution in [0.25, 0.3) is 0 Å². The van der Waals surface area contributed by atoms with Crippen LogP contribution in [0.15, 0.2) is 11.8 Å². The molecule has 2 fully saturated rings. The first-order chi connectivity index (χ1) is 13.7. The van der Waals surface area contributed by atoms with Crippen molar-refractivity contribution in [3.63, 3.8) is 0 Å². The van der Waals surface area contributed by atoms with Crippen LogP contribution in [0.3, 0.4) is 0 Å². The number of hydrogen-bond acceptors (Lipinski definition) is 4. The number of carbonyl (C=O) groups excluding carboxylic acids is 1. The van der Waals surface area contributed by atoms with Gasteiger partial charge < -0.3 is 14.2 Å². The Labute approximate surface area is 172 Å². The Bertz CT molecular complexity index is 454. The van der Waals surface area contributed by atoms with E-state index in [-0.39, 0.29) is 24.3 Å². The molecule has 0 saturated carbocycles. The van der Waals surface area contributed by atoms with Crippen LogP contribution >= 0.6 is 0 Å². The molecule has 0 spiro atoms. The van der Waals surface area contributed by atoms with Gasteiger partial charge in [0.15, 0.2) is 6.29 Å². The van der Waals surface area contributed by atoms with Crippen LogP contribution in [-0.4, -0.2) is 25.0 Å². The van der Waals surface area contributed by atoms with Gasteiger partial charge in [0.05, 0.1) is 18.3 Å². The van der Waals surface area contributed by atoms with E-state index in [1.54, 1.807) is 0 Å². The molecule has 2 aliphatic rings. The summed E-state index contributed by atoms with van der Waals surface area (Å²) in [6, 6.07) is 0. The minimum Gasteiger partial charge on any atom is -0.469 e. The van der Waals surface area contributed by atoms with Crippen LogP contribution in [0.4, 0.5) is 0 Å². The number of allylic oxidation sites excluding steroid dienone is 1. The molecular weight excluding hydrogens is 352 g/mol. The quantitative estimate of drug-likeness (QED) is 0.177. The molecule has 0 radical (unpaired) electrons. The third-order valence-corrected chi connectivity index (χ3v) is 5.87. The maximum absolute atomic E-state index is 11.9. The first-order valence-electron chi connectivity index (χ1n) is 11.9. The highest BCUT2D eigenvalue weighted by atomic mass is 16.7. The zero-order valence-corrected chi connectivity index (χ0v) is 18.3.